The lowest BCUT2D eigenvalue weighted by Gasteiger charge is -2.46. The molecule has 2 amide bonds. The first-order valence-electron chi connectivity index (χ1n) is 10.0. The van der Waals surface area contributed by atoms with Crippen molar-refractivity contribution in [2.24, 2.45) is 0 Å². The van der Waals surface area contributed by atoms with Crippen LogP contribution >= 0.6 is 0 Å². The summed E-state index contributed by atoms with van der Waals surface area (Å²) in [5, 5.41) is 0. The SMILES string of the molecule is CCCCOC(=O)N1CCC(C)(N(C(C)=O)c2ccc(CS(C)(=O)=O)cc2)CC1. The standard InChI is InChI=1S/C21H32N2O5S/c1-5-6-15-28-20(25)22-13-11-21(3,12-14-22)23(17(2)24)19-9-7-18(8-10-19)16-29(4,26)27/h7-10H,5-6,11-16H2,1-4H3. The number of rotatable bonds is 7. The van der Waals surface area contributed by atoms with Crippen LogP contribution in [-0.2, 0) is 25.1 Å². The molecule has 1 aliphatic rings. The minimum atomic E-state index is -3.11. The van der Waals surface area contributed by atoms with E-state index in [2.05, 4.69) is 0 Å². The Morgan fingerprint density at radius 3 is 2.24 bits per heavy atom. The summed E-state index contributed by atoms with van der Waals surface area (Å²) in [5.74, 6) is -0.109. The van der Waals surface area contributed by atoms with Crippen molar-refractivity contribution >= 4 is 27.5 Å². The van der Waals surface area contributed by atoms with E-state index in [9.17, 15) is 18.0 Å². The Morgan fingerprint density at radius 2 is 1.76 bits per heavy atom. The first-order chi connectivity index (χ1) is 13.6. The molecule has 0 aliphatic carbocycles. The number of sulfone groups is 1. The van der Waals surface area contributed by atoms with E-state index in [-0.39, 0.29) is 17.8 Å². The lowest BCUT2D eigenvalue weighted by atomic mass is 9.87. The van der Waals surface area contributed by atoms with Gasteiger partial charge in [0, 0.05) is 37.5 Å². The smallest absolute Gasteiger partial charge is 0.409 e. The lowest BCUT2D eigenvalue weighted by Crippen LogP contribution is -2.56. The molecule has 0 unspecified atom stereocenters. The Hall–Kier alpha value is -2.09. The number of nitrogens with zero attached hydrogens (tertiary/aromatic N) is 2. The summed E-state index contributed by atoms with van der Waals surface area (Å²) in [6.07, 6.45) is 4.01. The number of piperidine rings is 1. The zero-order valence-corrected chi connectivity index (χ0v) is 18.6. The van der Waals surface area contributed by atoms with Gasteiger partial charge in [0.15, 0.2) is 9.84 Å². The molecule has 0 saturated carbocycles. The topological polar surface area (TPSA) is 84.0 Å². The van der Waals surface area contributed by atoms with Crippen LogP contribution in [0, 0.1) is 0 Å². The molecule has 29 heavy (non-hydrogen) atoms. The molecule has 0 spiro atoms. The van der Waals surface area contributed by atoms with Crippen LogP contribution in [0.2, 0.25) is 0 Å². The summed E-state index contributed by atoms with van der Waals surface area (Å²) >= 11 is 0. The molecule has 1 fully saturated rings. The summed E-state index contributed by atoms with van der Waals surface area (Å²) in [4.78, 5) is 28.1. The van der Waals surface area contributed by atoms with Gasteiger partial charge in [-0.2, -0.15) is 0 Å². The van der Waals surface area contributed by atoms with Crippen LogP contribution in [0.15, 0.2) is 24.3 Å². The molecule has 1 aromatic carbocycles. The fraction of sp³-hybridized carbons (Fsp3) is 0.619. The third-order valence-corrected chi connectivity index (χ3v) is 6.16. The fourth-order valence-corrected chi connectivity index (χ4v) is 4.51. The molecule has 1 saturated heterocycles. The van der Waals surface area contributed by atoms with Gasteiger partial charge < -0.3 is 14.5 Å². The highest BCUT2D eigenvalue weighted by molar-refractivity contribution is 7.89. The van der Waals surface area contributed by atoms with E-state index in [0.717, 1.165) is 18.5 Å². The van der Waals surface area contributed by atoms with E-state index in [1.165, 1.54) is 13.2 Å². The van der Waals surface area contributed by atoms with Crippen molar-refractivity contribution in [3.63, 3.8) is 0 Å². The number of likely N-dealkylation sites (tertiary alicyclic amines) is 1. The van der Waals surface area contributed by atoms with Crippen LogP contribution in [0.25, 0.3) is 0 Å². The number of anilines is 1. The zero-order chi connectivity index (χ0) is 21.7. The molecule has 0 radical (unpaired) electrons. The fourth-order valence-electron chi connectivity index (χ4n) is 3.71. The third-order valence-electron chi connectivity index (χ3n) is 5.30. The molecule has 0 aromatic heterocycles. The molecular formula is C21H32N2O5S. The van der Waals surface area contributed by atoms with Crippen molar-refractivity contribution < 1.29 is 22.7 Å². The predicted molar refractivity (Wildman–Crippen MR) is 114 cm³/mol. The molecule has 7 nitrogen and oxygen atoms in total. The molecule has 0 atom stereocenters. The molecule has 2 rings (SSSR count). The van der Waals surface area contributed by atoms with Gasteiger partial charge in [0.2, 0.25) is 5.91 Å². The van der Waals surface area contributed by atoms with Gasteiger partial charge in [0.1, 0.15) is 0 Å². The number of amides is 2. The summed E-state index contributed by atoms with van der Waals surface area (Å²) in [6.45, 7) is 7.08. The van der Waals surface area contributed by atoms with Crippen LogP contribution in [0.1, 0.15) is 52.0 Å². The number of ether oxygens (including phenoxy) is 1. The Bertz CT molecular complexity index is 812. The number of carbonyl (C=O) groups excluding carboxylic acids is 2. The first-order valence-corrected chi connectivity index (χ1v) is 12.1. The van der Waals surface area contributed by atoms with Crippen molar-refractivity contribution in [2.45, 2.75) is 57.7 Å². The van der Waals surface area contributed by atoms with Crippen molar-refractivity contribution in [1.82, 2.24) is 4.90 Å². The lowest BCUT2D eigenvalue weighted by molar-refractivity contribution is -0.118. The average Bonchev–Trinajstić information content (AvgIpc) is 2.62. The van der Waals surface area contributed by atoms with Gasteiger partial charge in [-0.3, -0.25) is 4.79 Å². The van der Waals surface area contributed by atoms with E-state index in [1.807, 2.05) is 13.8 Å². The molecule has 8 heteroatoms. The van der Waals surface area contributed by atoms with E-state index in [1.54, 1.807) is 34.1 Å². The minimum Gasteiger partial charge on any atom is -0.449 e. The van der Waals surface area contributed by atoms with Crippen LogP contribution in [0.5, 0.6) is 0 Å². The van der Waals surface area contributed by atoms with Gasteiger partial charge in [0.05, 0.1) is 12.4 Å². The number of carbonyl (C=O) groups is 2. The van der Waals surface area contributed by atoms with Crippen LogP contribution in [0.4, 0.5) is 10.5 Å². The van der Waals surface area contributed by atoms with Crippen molar-refractivity contribution in [2.75, 3.05) is 30.9 Å². The molecule has 162 valence electrons. The zero-order valence-electron chi connectivity index (χ0n) is 17.8. The van der Waals surface area contributed by atoms with Crippen molar-refractivity contribution in [1.29, 1.82) is 0 Å². The maximum absolute atomic E-state index is 12.5. The molecule has 0 N–H and O–H groups in total. The third kappa shape index (κ3) is 6.45. The second kappa shape index (κ2) is 9.61. The van der Waals surface area contributed by atoms with E-state index in [0.29, 0.717) is 38.1 Å². The van der Waals surface area contributed by atoms with Gasteiger partial charge in [-0.25, -0.2) is 13.2 Å². The predicted octanol–water partition coefficient (Wildman–Crippen LogP) is 3.38. The van der Waals surface area contributed by atoms with Crippen LogP contribution in [0.3, 0.4) is 0 Å². The Labute approximate surface area is 173 Å². The average molecular weight is 425 g/mol. The molecule has 1 heterocycles. The summed E-state index contributed by atoms with van der Waals surface area (Å²) in [5.41, 5.74) is 0.996. The first kappa shape index (κ1) is 23.2. The Kier molecular flexibility index (Phi) is 7.68. The molecule has 1 aromatic rings. The quantitative estimate of drug-likeness (QED) is 0.627. The highest BCUT2D eigenvalue weighted by atomic mass is 32.2. The van der Waals surface area contributed by atoms with Gasteiger partial charge >= 0.3 is 6.09 Å². The van der Waals surface area contributed by atoms with E-state index in [4.69, 9.17) is 4.74 Å². The van der Waals surface area contributed by atoms with Crippen molar-refractivity contribution in [3.8, 4) is 0 Å². The van der Waals surface area contributed by atoms with Gasteiger partial charge in [-0.05, 0) is 43.9 Å². The minimum absolute atomic E-state index is 0.0281. The van der Waals surface area contributed by atoms with Gasteiger partial charge in [-0.1, -0.05) is 25.5 Å². The van der Waals surface area contributed by atoms with Gasteiger partial charge in [0.25, 0.3) is 0 Å². The summed E-state index contributed by atoms with van der Waals surface area (Å²) in [6, 6.07) is 7.07. The summed E-state index contributed by atoms with van der Waals surface area (Å²) in [7, 11) is -3.11. The summed E-state index contributed by atoms with van der Waals surface area (Å²) < 4.78 is 28.3. The maximum atomic E-state index is 12.5. The largest absolute Gasteiger partial charge is 0.449 e. The second-order valence-electron chi connectivity index (χ2n) is 8.04. The molecular weight excluding hydrogens is 392 g/mol. The molecule has 0 bridgehead atoms. The maximum Gasteiger partial charge on any atom is 0.409 e. The van der Waals surface area contributed by atoms with Gasteiger partial charge in [-0.15, -0.1) is 0 Å². The number of unbranched alkanes of at least 4 members (excludes halogenated alkanes) is 1. The van der Waals surface area contributed by atoms with E-state index >= 15 is 0 Å². The number of hydrogen-bond donors (Lipinski definition) is 0. The molecule has 1 aliphatic heterocycles. The number of benzene rings is 1. The number of hydrogen-bond acceptors (Lipinski definition) is 5. The Balaban J connectivity index is 2.09. The second-order valence-corrected chi connectivity index (χ2v) is 10.2. The van der Waals surface area contributed by atoms with E-state index < -0.39 is 15.4 Å². The normalized spacial score (nSPS) is 16.3. The van der Waals surface area contributed by atoms with Crippen molar-refractivity contribution in [3.05, 3.63) is 29.8 Å². The highest BCUT2D eigenvalue weighted by Crippen LogP contribution is 2.33. The van der Waals surface area contributed by atoms with Crippen LogP contribution in [-0.4, -0.2) is 56.8 Å². The highest BCUT2D eigenvalue weighted by Gasteiger charge is 2.39. The van der Waals surface area contributed by atoms with Crippen LogP contribution < -0.4 is 4.90 Å². The monoisotopic (exact) mass is 424 g/mol. The Morgan fingerprint density at radius 1 is 1.17 bits per heavy atom.